The Morgan fingerprint density at radius 3 is 1.97 bits per heavy atom. The second-order valence-electron chi connectivity index (χ2n) is 13.3. The van der Waals surface area contributed by atoms with Gasteiger partial charge in [-0.3, -0.25) is 9.36 Å². The minimum absolute atomic E-state index is 0.140. The van der Waals surface area contributed by atoms with Crippen molar-refractivity contribution in [2.75, 3.05) is 0 Å². The summed E-state index contributed by atoms with van der Waals surface area (Å²) in [4.78, 5) is 26.2. The fourth-order valence-electron chi connectivity index (χ4n) is 4.43. The van der Waals surface area contributed by atoms with Crippen molar-refractivity contribution in [3.8, 4) is 0 Å². The molecule has 196 valence electrons. The highest BCUT2D eigenvalue weighted by Gasteiger charge is 2.54. The maximum atomic E-state index is 13.3. The normalized spacial score (nSPS) is 20.4. The summed E-state index contributed by atoms with van der Waals surface area (Å²) in [5.41, 5.74) is -0.432. The summed E-state index contributed by atoms with van der Waals surface area (Å²) in [7, 11) is -0.727. The largest absolute Gasteiger partial charge is 0.513 e. The molecule has 0 N–H and O–H groups in total. The van der Waals surface area contributed by atoms with E-state index in [4.69, 9.17) is 18.8 Å². The lowest BCUT2D eigenvalue weighted by atomic mass is 9.84. The van der Waals surface area contributed by atoms with Crippen LogP contribution in [0, 0.1) is 5.41 Å². The first-order valence-electron chi connectivity index (χ1n) is 12.8. The SMILES string of the molecule is CC(C)(C)OC(=O)n1c(B2OC(C)(C)C(C)(C)O2)cc2cc(CC3(C(=O)OC(C)(C)C)CC3)ccc21. The summed E-state index contributed by atoms with van der Waals surface area (Å²) < 4.78 is 25.6. The Bertz CT molecular complexity index is 1180. The number of hydrogen-bond donors (Lipinski definition) is 0. The van der Waals surface area contributed by atoms with Crippen LogP contribution in [0.4, 0.5) is 4.79 Å². The maximum Gasteiger partial charge on any atom is 0.513 e. The zero-order valence-corrected chi connectivity index (χ0v) is 23.4. The van der Waals surface area contributed by atoms with Crippen molar-refractivity contribution in [3.05, 3.63) is 29.8 Å². The van der Waals surface area contributed by atoms with Crippen LogP contribution in [0.25, 0.3) is 10.9 Å². The van der Waals surface area contributed by atoms with Crippen LogP contribution in [0.15, 0.2) is 24.3 Å². The average Bonchev–Trinajstić information content (AvgIpc) is 3.29. The summed E-state index contributed by atoms with van der Waals surface area (Å²) in [6.07, 6.45) is 1.75. The van der Waals surface area contributed by atoms with Crippen LogP contribution in [0.2, 0.25) is 0 Å². The molecule has 0 spiro atoms. The van der Waals surface area contributed by atoms with Gasteiger partial charge >= 0.3 is 19.2 Å². The van der Waals surface area contributed by atoms with Gasteiger partial charge < -0.3 is 18.8 Å². The van der Waals surface area contributed by atoms with Gasteiger partial charge in [-0.15, -0.1) is 0 Å². The predicted molar refractivity (Wildman–Crippen MR) is 141 cm³/mol. The van der Waals surface area contributed by atoms with Crippen LogP contribution in [0.1, 0.15) is 87.6 Å². The van der Waals surface area contributed by atoms with Crippen molar-refractivity contribution in [1.29, 1.82) is 0 Å². The van der Waals surface area contributed by atoms with E-state index in [-0.39, 0.29) is 5.97 Å². The van der Waals surface area contributed by atoms with Gasteiger partial charge in [0.05, 0.1) is 27.7 Å². The first-order chi connectivity index (χ1) is 16.3. The number of hydrogen-bond acceptors (Lipinski definition) is 6. The molecule has 0 unspecified atom stereocenters. The molecule has 7 nitrogen and oxygen atoms in total. The van der Waals surface area contributed by atoms with Crippen LogP contribution in [0.5, 0.6) is 0 Å². The summed E-state index contributed by atoms with van der Waals surface area (Å²) in [6, 6.07) is 7.85. The molecule has 1 aromatic heterocycles. The molecule has 36 heavy (non-hydrogen) atoms. The lowest BCUT2D eigenvalue weighted by molar-refractivity contribution is -0.161. The van der Waals surface area contributed by atoms with Gasteiger partial charge in [0.25, 0.3) is 0 Å². The minimum atomic E-state index is -0.727. The number of ether oxygens (including phenoxy) is 2. The van der Waals surface area contributed by atoms with Crippen LogP contribution >= 0.6 is 0 Å². The van der Waals surface area contributed by atoms with Gasteiger partial charge in [-0.1, -0.05) is 6.07 Å². The zero-order chi connectivity index (χ0) is 26.9. The van der Waals surface area contributed by atoms with Crippen LogP contribution in [-0.2, 0) is 30.0 Å². The van der Waals surface area contributed by atoms with Crippen LogP contribution in [-0.4, -0.2) is 46.2 Å². The van der Waals surface area contributed by atoms with Crippen molar-refractivity contribution in [3.63, 3.8) is 0 Å². The number of aromatic nitrogens is 1. The van der Waals surface area contributed by atoms with Crippen molar-refractivity contribution < 1.29 is 28.4 Å². The van der Waals surface area contributed by atoms with Gasteiger partial charge in [0.15, 0.2) is 0 Å². The molecule has 1 aromatic carbocycles. The molecule has 1 aliphatic carbocycles. The van der Waals surface area contributed by atoms with Crippen molar-refractivity contribution in [2.45, 2.75) is 111 Å². The monoisotopic (exact) mass is 497 g/mol. The Hall–Kier alpha value is -2.32. The number of benzene rings is 1. The molecule has 1 saturated heterocycles. The predicted octanol–water partition coefficient (Wildman–Crippen LogP) is 5.39. The summed E-state index contributed by atoms with van der Waals surface area (Å²) in [5.74, 6) is -0.140. The lowest BCUT2D eigenvalue weighted by Gasteiger charge is -2.32. The quantitative estimate of drug-likeness (QED) is 0.417. The number of esters is 1. The third kappa shape index (κ3) is 5.21. The number of nitrogens with zero attached hydrogens (tertiary/aromatic N) is 1. The maximum absolute atomic E-state index is 13.3. The Kier molecular flexibility index (Phi) is 6.20. The molecule has 8 heteroatoms. The Labute approximate surface area is 214 Å². The smallest absolute Gasteiger partial charge is 0.460 e. The van der Waals surface area contributed by atoms with Crippen LogP contribution < -0.4 is 5.59 Å². The second-order valence-corrected chi connectivity index (χ2v) is 13.3. The molecule has 1 aliphatic heterocycles. The topological polar surface area (TPSA) is 76.0 Å². The van der Waals surface area contributed by atoms with Gasteiger partial charge in [-0.05, 0) is 112 Å². The first kappa shape index (κ1) is 26.7. The molecule has 2 heterocycles. The van der Waals surface area contributed by atoms with E-state index in [0.29, 0.717) is 17.5 Å². The Morgan fingerprint density at radius 2 is 1.47 bits per heavy atom. The van der Waals surface area contributed by atoms with Crippen molar-refractivity contribution >= 4 is 35.7 Å². The van der Waals surface area contributed by atoms with Gasteiger partial charge in [0, 0.05) is 5.39 Å². The zero-order valence-electron chi connectivity index (χ0n) is 23.4. The molecule has 4 rings (SSSR count). The molecule has 2 fully saturated rings. The van der Waals surface area contributed by atoms with E-state index in [2.05, 4.69) is 0 Å². The summed E-state index contributed by atoms with van der Waals surface area (Å²) in [5, 5.41) is 0.864. The van der Waals surface area contributed by atoms with Crippen molar-refractivity contribution in [1.82, 2.24) is 4.57 Å². The number of fused-ring (bicyclic) bond motifs is 1. The summed E-state index contributed by atoms with van der Waals surface area (Å²) >= 11 is 0. The van der Waals surface area contributed by atoms with E-state index in [1.54, 1.807) is 4.57 Å². The fraction of sp³-hybridized carbons (Fsp3) is 0.643. The second kappa shape index (κ2) is 8.35. The van der Waals surface area contributed by atoms with E-state index >= 15 is 0 Å². The number of carbonyl (C=O) groups excluding carboxylic acids is 2. The highest BCUT2D eigenvalue weighted by molar-refractivity contribution is 6.62. The standard InChI is InChI=1S/C28H40BNO6/c1-24(2,3)33-22(31)28(13-14-28)17-18-11-12-20-19(15-18)16-21(30(20)23(32)34-25(4,5)6)29-35-26(7,8)27(9,10)36-29/h11-12,15-16H,13-14,17H2,1-10H3. The molecule has 0 amide bonds. The lowest BCUT2D eigenvalue weighted by Crippen LogP contribution is -2.43. The molecule has 0 bridgehead atoms. The van der Waals surface area contributed by atoms with E-state index in [0.717, 1.165) is 23.8 Å². The Balaban J connectivity index is 1.71. The third-order valence-corrected chi connectivity index (χ3v) is 7.19. The number of rotatable bonds is 4. The highest BCUT2D eigenvalue weighted by Crippen LogP contribution is 2.50. The highest BCUT2D eigenvalue weighted by atomic mass is 16.7. The molecule has 0 atom stereocenters. The van der Waals surface area contributed by atoms with E-state index in [1.807, 2.05) is 93.5 Å². The first-order valence-corrected chi connectivity index (χ1v) is 12.8. The molecular weight excluding hydrogens is 457 g/mol. The van der Waals surface area contributed by atoms with Gasteiger partial charge in [-0.2, -0.15) is 0 Å². The van der Waals surface area contributed by atoms with Crippen molar-refractivity contribution in [2.24, 2.45) is 5.41 Å². The van der Waals surface area contributed by atoms with E-state index < -0.39 is 41.0 Å². The van der Waals surface area contributed by atoms with E-state index in [9.17, 15) is 9.59 Å². The molecule has 1 saturated carbocycles. The van der Waals surface area contributed by atoms with Gasteiger partial charge in [0.2, 0.25) is 0 Å². The number of carbonyl (C=O) groups is 2. The average molecular weight is 497 g/mol. The molecule has 2 aliphatic rings. The Morgan fingerprint density at radius 1 is 0.917 bits per heavy atom. The molecular formula is C28H40BNO6. The summed E-state index contributed by atoms with van der Waals surface area (Å²) in [6.45, 7) is 19.1. The van der Waals surface area contributed by atoms with Gasteiger partial charge in [-0.25, -0.2) is 4.79 Å². The third-order valence-electron chi connectivity index (χ3n) is 7.19. The fourth-order valence-corrected chi connectivity index (χ4v) is 4.43. The molecule has 2 aromatic rings. The van der Waals surface area contributed by atoms with E-state index in [1.165, 1.54) is 0 Å². The minimum Gasteiger partial charge on any atom is -0.460 e. The van der Waals surface area contributed by atoms with Crippen LogP contribution in [0.3, 0.4) is 0 Å². The molecule has 0 radical (unpaired) electrons. The van der Waals surface area contributed by atoms with Gasteiger partial charge in [0.1, 0.15) is 11.2 Å².